The van der Waals surface area contributed by atoms with Gasteiger partial charge < -0.3 is 4.52 Å². The number of pyridine rings is 1. The summed E-state index contributed by atoms with van der Waals surface area (Å²) in [4.78, 5) is 4.59. The van der Waals surface area contributed by atoms with Crippen LogP contribution in [0.4, 0.5) is 0 Å². The van der Waals surface area contributed by atoms with Gasteiger partial charge in [-0.05, 0) is 30.7 Å². The molecule has 3 aromatic heterocycles. The van der Waals surface area contributed by atoms with E-state index in [1.54, 1.807) is 10.8 Å². The van der Waals surface area contributed by atoms with Gasteiger partial charge in [-0.25, -0.2) is 9.55 Å². The molecule has 0 aliphatic heterocycles. The van der Waals surface area contributed by atoms with Gasteiger partial charge in [0.2, 0.25) is 5.69 Å². The van der Waals surface area contributed by atoms with E-state index in [1.165, 1.54) is 16.8 Å². The van der Waals surface area contributed by atoms with Crippen molar-refractivity contribution in [2.24, 2.45) is 7.05 Å². The molecule has 0 aliphatic carbocycles. The second-order valence-corrected chi connectivity index (χ2v) is 5.03. The minimum absolute atomic E-state index is 0.842. The van der Waals surface area contributed by atoms with Crippen LogP contribution in [0.3, 0.4) is 0 Å². The molecular weight excluding hydrogens is 250 g/mol. The molecule has 0 bridgehead atoms. The van der Waals surface area contributed by atoms with Gasteiger partial charge in [-0.15, -0.1) is 0 Å². The van der Waals surface area contributed by atoms with Crippen molar-refractivity contribution in [3.8, 4) is 11.3 Å². The molecule has 4 nitrogen and oxygen atoms in total. The van der Waals surface area contributed by atoms with Gasteiger partial charge in [-0.2, -0.15) is 4.57 Å². The first-order valence-electron chi connectivity index (χ1n) is 6.56. The maximum absolute atomic E-state index is 5.44. The summed E-state index contributed by atoms with van der Waals surface area (Å²) >= 11 is 0. The SMILES string of the molecule is Cc1cc2c(cc1-c1cccc[n+]1C)nc1ccon12. The zero-order valence-electron chi connectivity index (χ0n) is 11.4. The zero-order chi connectivity index (χ0) is 13.7. The summed E-state index contributed by atoms with van der Waals surface area (Å²) in [6.45, 7) is 2.12. The lowest BCUT2D eigenvalue weighted by Crippen LogP contribution is -2.30. The Balaban J connectivity index is 2.05. The van der Waals surface area contributed by atoms with Crippen LogP contribution >= 0.6 is 0 Å². The maximum Gasteiger partial charge on any atom is 0.212 e. The van der Waals surface area contributed by atoms with Crippen molar-refractivity contribution < 1.29 is 9.09 Å². The summed E-state index contributed by atoms with van der Waals surface area (Å²) in [6.07, 6.45) is 3.71. The van der Waals surface area contributed by atoms with Crippen LogP contribution in [0.15, 0.2) is 53.4 Å². The molecule has 0 unspecified atom stereocenters. The monoisotopic (exact) mass is 264 g/mol. The number of hydrogen-bond donors (Lipinski definition) is 0. The summed E-state index contributed by atoms with van der Waals surface area (Å²) in [6, 6.07) is 12.3. The van der Waals surface area contributed by atoms with Crippen LogP contribution in [0, 0.1) is 6.92 Å². The Morgan fingerprint density at radius 1 is 1.20 bits per heavy atom. The molecule has 20 heavy (non-hydrogen) atoms. The largest absolute Gasteiger partial charge is 0.381 e. The lowest BCUT2D eigenvalue weighted by Gasteiger charge is -2.04. The van der Waals surface area contributed by atoms with Crippen LogP contribution in [-0.4, -0.2) is 9.56 Å². The summed E-state index contributed by atoms with van der Waals surface area (Å²) in [5.41, 5.74) is 6.38. The number of nitrogens with zero attached hydrogens (tertiary/aromatic N) is 3. The molecule has 1 aromatic carbocycles. The van der Waals surface area contributed by atoms with E-state index in [9.17, 15) is 0 Å². The smallest absolute Gasteiger partial charge is 0.212 e. The van der Waals surface area contributed by atoms with Crippen molar-refractivity contribution in [1.29, 1.82) is 0 Å². The van der Waals surface area contributed by atoms with Gasteiger partial charge in [0, 0.05) is 18.2 Å². The van der Waals surface area contributed by atoms with Gasteiger partial charge in [-0.3, -0.25) is 0 Å². The number of aryl methyl sites for hydroxylation is 2. The second kappa shape index (κ2) is 3.93. The van der Waals surface area contributed by atoms with Crippen molar-refractivity contribution >= 4 is 16.7 Å². The van der Waals surface area contributed by atoms with E-state index in [1.807, 2.05) is 12.1 Å². The van der Waals surface area contributed by atoms with Gasteiger partial charge in [-0.1, -0.05) is 0 Å². The highest BCUT2D eigenvalue weighted by molar-refractivity contribution is 5.85. The third kappa shape index (κ3) is 1.48. The van der Waals surface area contributed by atoms with Crippen LogP contribution in [0.2, 0.25) is 0 Å². The topological polar surface area (TPSA) is 34.3 Å². The number of imidazole rings is 1. The summed E-state index contributed by atoms with van der Waals surface area (Å²) in [5, 5.41) is 0. The van der Waals surface area contributed by atoms with E-state index in [-0.39, 0.29) is 0 Å². The van der Waals surface area contributed by atoms with Crippen LogP contribution in [0.5, 0.6) is 0 Å². The predicted octanol–water partition coefficient (Wildman–Crippen LogP) is 2.88. The molecule has 0 fully saturated rings. The first-order chi connectivity index (χ1) is 9.74. The van der Waals surface area contributed by atoms with Crippen molar-refractivity contribution in [2.45, 2.75) is 6.92 Å². The van der Waals surface area contributed by atoms with E-state index in [4.69, 9.17) is 4.52 Å². The van der Waals surface area contributed by atoms with Crippen LogP contribution < -0.4 is 4.57 Å². The number of rotatable bonds is 1. The summed E-state index contributed by atoms with van der Waals surface area (Å²) in [5.74, 6) is 0. The first kappa shape index (κ1) is 11.2. The Morgan fingerprint density at radius 3 is 2.95 bits per heavy atom. The lowest BCUT2D eigenvalue weighted by molar-refractivity contribution is -0.660. The minimum atomic E-state index is 0.842. The number of hydrogen-bond acceptors (Lipinski definition) is 2. The fraction of sp³-hybridized carbons (Fsp3) is 0.125. The third-order valence-electron chi connectivity index (χ3n) is 3.70. The quantitative estimate of drug-likeness (QED) is 0.495. The highest BCUT2D eigenvalue weighted by Crippen LogP contribution is 2.27. The molecule has 0 saturated heterocycles. The van der Waals surface area contributed by atoms with Crippen LogP contribution in [0.1, 0.15) is 5.56 Å². The lowest BCUT2D eigenvalue weighted by atomic mass is 10.0. The number of benzene rings is 1. The normalized spacial score (nSPS) is 11.5. The summed E-state index contributed by atoms with van der Waals surface area (Å²) in [7, 11) is 2.05. The Morgan fingerprint density at radius 2 is 2.10 bits per heavy atom. The molecule has 0 saturated carbocycles. The Bertz CT molecular complexity index is 933. The molecule has 4 rings (SSSR count). The molecule has 4 heteroatoms. The molecule has 0 amide bonds. The maximum atomic E-state index is 5.44. The summed E-state index contributed by atoms with van der Waals surface area (Å²) < 4.78 is 9.32. The van der Waals surface area contributed by atoms with Gasteiger partial charge in [0.1, 0.15) is 18.8 Å². The molecule has 0 N–H and O–H groups in total. The Labute approximate surface area is 115 Å². The predicted molar refractivity (Wildman–Crippen MR) is 76.3 cm³/mol. The minimum Gasteiger partial charge on any atom is -0.381 e. The van der Waals surface area contributed by atoms with Crippen molar-refractivity contribution in [3.05, 3.63) is 54.4 Å². The highest BCUT2D eigenvalue weighted by Gasteiger charge is 2.15. The third-order valence-corrected chi connectivity index (χ3v) is 3.70. The van der Waals surface area contributed by atoms with Crippen molar-refractivity contribution in [3.63, 3.8) is 0 Å². The molecule has 0 radical (unpaired) electrons. The first-order valence-corrected chi connectivity index (χ1v) is 6.56. The molecule has 0 aliphatic rings. The van der Waals surface area contributed by atoms with Gasteiger partial charge in [0.15, 0.2) is 11.8 Å². The Hall–Kier alpha value is -2.62. The molecule has 98 valence electrons. The van der Waals surface area contributed by atoms with E-state index in [0.717, 1.165) is 16.7 Å². The van der Waals surface area contributed by atoms with Crippen molar-refractivity contribution in [2.75, 3.05) is 0 Å². The van der Waals surface area contributed by atoms with Gasteiger partial charge in [0.05, 0.1) is 11.1 Å². The van der Waals surface area contributed by atoms with E-state index >= 15 is 0 Å². The fourth-order valence-electron chi connectivity index (χ4n) is 2.67. The van der Waals surface area contributed by atoms with Crippen LogP contribution in [0.25, 0.3) is 27.9 Å². The highest BCUT2D eigenvalue weighted by atomic mass is 16.5. The van der Waals surface area contributed by atoms with Crippen LogP contribution in [-0.2, 0) is 7.05 Å². The van der Waals surface area contributed by atoms with E-state index in [2.05, 4.69) is 54.0 Å². The van der Waals surface area contributed by atoms with Gasteiger partial charge >= 0.3 is 0 Å². The zero-order valence-corrected chi connectivity index (χ0v) is 11.4. The Kier molecular flexibility index (Phi) is 2.21. The molecule has 0 spiro atoms. The molecule has 3 heterocycles. The fourth-order valence-corrected chi connectivity index (χ4v) is 2.67. The average molecular weight is 264 g/mol. The van der Waals surface area contributed by atoms with Crippen molar-refractivity contribution in [1.82, 2.24) is 9.56 Å². The average Bonchev–Trinajstić information content (AvgIpc) is 3.00. The molecule has 4 aromatic rings. The standard InChI is InChI=1S/C16H14N3O/c1-11-9-15-13(17-16-6-8-20-19(15)16)10-12(11)14-5-3-4-7-18(14)2/h3-10H,1-2H3/q+1. The molecular formula is C16H14N3O+. The molecule has 0 atom stereocenters. The van der Waals surface area contributed by atoms with Gasteiger partial charge in [0.25, 0.3) is 0 Å². The van der Waals surface area contributed by atoms with E-state index < -0.39 is 0 Å². The van der Waals surface area contributed by atoms with E-state index in [0.29, 0.717) is 0 Å². The number of fused-ring (bicyclic) bond motifs is 3. The number of aromatic nitrogens is 3. The second-order valence-electron chi connectivity index (χ2n) is 5.03.